The number of sulfone groups is 1. The molecule has 132 valence electrons. The molecule has 2 heterocycles. The SMILES string of the molecule is C=C1CC2(O)c3c(ccc(Oc4cncc(C#N)c4)c31)S(=O)(=O)C2(C)F. The van der Waals surface area contributed by atoms with Gasteiger partial charge in [0.1, 0.15) is 23.2 Å². The van der Waals surface area contributed by atoms with Crippen molar-refractivity contribution in [3.63, 3.8) is 0 Å². The average molecular weight is 372 g/mol. The van der Waals surface area contributed by atoms with E-state index in [-0.39, 0.29) is 39.5 Å². The summed E-state index contributed by atoms with van der Waals surface area (Å²) in [5, 5.41) is 17.0. The van der Waals surface area contributed by atoms with Gasteiger partial charge in [-0.1, -0.05) is 6.58 Å². The highest BCUT2D eigenvalue weighted by atomic mass is 32.2. The normalized spacial score (nSPS) is 27.8. The molecule has 1 aliphatic carbocycles. The van der Waals surface area contributed by atoms with Gasteiger partial charge in [0.15, 0.2) is 0 Å². The molecule has 2 aromatic rings. The van der Waals surface area contributed by atoms with Gasteiger partial charge in [0, 0.05) is 29.8 Å². The lowest BCUT2D eigenvalue weighted by atomic mass is 9.91. The number of ether oxygens (including phenoxy) is 1. The standard InChI is InChI=1S/C18H13FN2O4S/c1-10-6-18(22)16-14(26(23,24)17(18,2)19)4-3-13(15(10)16)25-12-5-11(7-20)8-21-9-12/h3-5,8-9,22H,1,6H2,2H3. The number of hydrogen-bond donors (Lipinski definition) is 1. The van der Waals surface area contributed by atoms with Crippen LogP contribution >= 0.6 is 0 Å². The molecule has 0 saturated carbocycles. The molecule has 2 unspecified atom stereocenters. The van der Waals surface area contributed by atoms with Crippen LogP contribution in [0, 0.1) is 11.3 Å². The number of rotatable bonds is 2. The van der Waals surface area contributed by atoms with Crippen LogP contribution in [0.4, 0.5) is 4.39 Å². The molecule has 0 spiro atoms. The van der Waals surface area contributed by atoms with Crippen molar-refractivity contribution in [2.45, 2.75) is 28.8 Å². The quantitative estimate of drug-likeness (QED) is 0.870. The Labute approximate surface area is 149 Å². The largest absolute Gasteiger partial charge is 0.455 e. The molecule has 6 nitrogen and oxygen atoms in total. The van der Waals surface area contributed by atoms with E-state index in [2.05, 4.69) is 11.6 Å². The van der Waals surface area contributed by atoms with Crippen LogP contribution < -0.4 is 4.74 Å². The number of pyridine rings is 1. The fraction of sp³-hybridized carbons (Fsp3) is 0.222. The Morgan fingerprint density at radius 2 is 2.15 bits per heavy atom. The first kappa shape index (κ1) is 16.7. The Morgan fingerprint density at radius 1 is 1.42 bits per heavy atom. The van der Waals surface area contributed by atoms with Gasteiger partial charge in [0.05, 0.1) is 16.7 Å². The van der Waals surface area contributed by atoms with Gasteiger partial charge in [-0.2, -0.15) is 5.26 Å². The Kier molecular flexibility index (Phi) is 3.15. The zero-order chi connectivity index (χ0) is 18.9. The van der Waals surface area contributed by atoms with Crippen molar-refractivity contribution in [2.75, 3.05) is 0 Å². The smallest absolute Gasteiger partial charge is 0.245 e. The minimum absolute atomic E-state index is 0.0191. The minimum Gasteiger partial charge on any atom is -0.455 e. The van der Waals surface area contributed by atoms with Crippen LogP contribution in [0.2, 0.25) is 0 Å². The number of hydrogen-bond acceptors (Lipinski definition) is 6. The van der Waals surface area contributed by atoms with Crippen molar-refractivity contribution in [3.8, 4) is 17.6 Å². The fourth-order valence-corrected chi connectivity index (χ4v) is 5.41. The molecule has 0 amide bonds. The van der Waals surface area contributed by atoms with Crippen LogP contribution in [0.5, 0.6) is 11.5 Å². The van der Waals surface area contributed by atoms with Crippen molar-refractivity contribution >= 4 is 15.4 Å². The molecule has 1 aliphatic heterocycles. The molecule has 1 N–H and O–H groups in total. The number of aliphatic hydroxyl groups is 1. The van der Waals surface area contributed by atoms with Crippen LogP contribution in [0.1, 0.15) is 30.0 Å². The van der Waals surface area contributed by atoms with E-state index in [0.29, 0.717) is 5.57 Å². The van der Waals surface area contributed by atoms with Gasteiger partial charge in [-0.25, -0.2) is 12.8 Å². The van der Waals surface area contributed by atoms with Gasteiger partial charge in [-0.05, 0) is 24.6 Å². The molecule has 8 heteroatoms. The van der Waals surface area contributed by atoms with Crippen LogP contribution in [-0.4, -0.2) is 23.5 Å². The molecular formula is C18H13FN2O4S. The van der Waals surface area contributed by atoms with Gasteiger partial charge < -0.3 is 9.84 Å². The van der Waals surface area contributed by atoms with Crippen molar-refractivity contribution in [2.24, 2.45) is 0 Å². The second-order valence-electron chi connectivity index (χ2n) is 6.50. The first-order valence-electron chi connectivity index (χ1n) is 7.68. The Hall–Kier alpha value is -2.76. The molecule has 26 heavy (non-hydrogen) atoms. The Balaban J connectivity index is 1.93. The van der Waals surface area contributed by atoms with Crippen molar-refractivity contribution in [1.29, 1.82) is 5.26 Å². The number of nitrogens with zero attached hydrogens (tertiary/aromatic N) is 2. The van der Waals surface area contributed by atoms with E-state index in [0.717, 1.165) is 6.92 Å². The summed E-state index contributed by atoms with van der Waals surface area (Å²) >= 11 is 0. The van der Waals surface area contributed by atoms with E-state index in [1.165, 1.54) is 30.6 Å². The lowest BCUT2D eigenvalue weighted by molar-refractivity contribution is -0.0426. The predicted octanol–water partition coefficient (Wildman–Crippen LogP) is 2.82. The second kappa shape index (κ2) is 4.90. The maximum atomic E-state index is 15.1. The van der Waals surface area contributed by atoms with E-state index < -0.39 is 20.4 Å². The van der Waals surface area contributed by atoms with E-state index in [1.54, 1.807) is 0 Å². The summed E-state index contributed by atoms with van der Waals surface area (Å²) in [4.78, 5) is 3.64. The zero-order valence-electron chi connectivity index (χ0n) is 13.7. The molecule has 2 aliphatic rings. The fourth-order valence-electron chi connectivity index (χ4n) is 3.59. The molecular weight excluding hydrogens is 359 g/mol. The number of alkyl halides is 1. The number of aromatic nitrogens is 1. The van der Waals surface area contributed by atoms with Gasteiger partial charge in [-0.3, -0.25) is 4.98 Å². The van der Waals surface area contributed by atoms with Crippen LogP contribution in [-0.2, 0) is 15.4 Å². The molecule has 0 fully saturated rings. The highest BCUT2D eigenvalue weighted by Crippen LogP contribution is 2.62. The van der Waals surface area contributed by atoms with Gasteiger partial charge in [0.25, 0.3) is 0 Å². The molecule has 0 radical (unpaired) electrons. The van der Waals surface area contributed by atoms with Crippen molar-refractivity contribution < 1.29 is 22.7 Å². The highest BCUT2D eigenvalue weighted by molar-refractivity contribution is 7.93. The highest BCUT2D eigenvalue weighted by Gasteiger charge is 2.69. The van der Waals surface area contributed by atoms with E-state index in [1.807, 2.05) is 6.07 Å². The monoisotopic (exact) mass is 372 g/mol. The number of benzene rings is 1. The third-order valence-electron chi connectivity index (χ3n) is 4.97. The third kappa shape index (κ3) is 1.81. The average Bonchev–Trinajstić information content (AvgIpc) is 2.93. The summed E-state index contributed by atoms with van der Waals surface area (Å²) < 4.78 is 45.9. The van der Waals surface area contributed by atoms with Gasteiger partial charge in [0.2, 0.25) is 14.8 Å². The summed E-state index contributed by atoms with van der Waals surface area (Å²) in [5.74, 6) is 0.474. The summed E-state index contributed by atoms with van der Waals surface area (Å²) in [5.41, 5.74) is -1.29. The maximum absolute atomic E-state index is 15.1. The molecule has 0 saturated heterocycles. The topological polar surface area (TPSA) is 100 Å². The third-order valence-corrected chi connectivity index (χ3v) is 7.23. The maximum Gasteiger partial charge on any atom is 0.245 e. The lowest BCUT2D eigenvalue weighted by Crippen LogP contribution is -2.44. The summed E-state index contributed by atoms with van der Waals surface area (Å²) in [6.45, 7) is 4.71. The first-order chi connectivity index (χ1) is 12.1. The van der Waals surface area contributed by atoms with E-state index in [4.69, 9.17) is 10.00 Å². The second-order valence-corrected chi connectivity index (χ2v) is 8.71. The minimum atomic E-state index is -4.36. The summed E-state index contributed by atoms with van der Waals surface area (Å²) in [6, 6.07) is 6.02. The molecule has 1 aromatic heterocycles. The lowest BCUT2D eigenvalue weighted by Gasteiger charge is -2.28. The number of nitriles is 1. The van der Waals surface area contributed by atoms with Crippen LogP contribution in [0.3, 0.4) is 0 Å². The number of halogens is 1. The van der Waals surface area contributed by atoms with Crippen LogP contribution in [0.25, 0.3) is 5.57 Å². The van der Waals surface area contributed by atoms with Crippen molar-refractivity contribution in [1.82, 2.24) is 4.98 Å². The molecule has 0 bridgehead atoms. The van der Waals surface area contributed by atoms with E-state index in [9.17, 15) is 13.5 Å². The van der Waals surface area contributed by atoms with Gasteiger partial charge in [-0.15, -0.1) is 0 Å². The first-order valence-corrected chi connectivity index (χ1v) is 9.16. The predicted molar refractivity (Wildman–Crippen MR) is 89.7 cm³/mol. The van der Waals surface area contributed by atoms with E-state index >= 15 is 4.39 Å². The summed E-state index contributed by atoms with van der Waals surface area (Å²) in [6.07, 6.45) is 2.51. The Bertz CT molecular complexity index is 1130. The van der Waals surface area contributed by atoms with Gasteiger partial charge >= 0.3 is 0 Å². The zero-order valence-corrected chi connectivity index (χ0v) is 14.5. The summed E-state index contributed by atoms with van der Waals surface area (Å²) in [7, 11) is -4.36. The molecule has 1 aromatic carbocycles. The molecule has 2 atom stereocenters. The molecule has 4 rings (SSSR count). The Morgan fingerprint density at radius 3 is 2.85 bits per heavy atom. The van der Waals surface area contributed by atoms with Crippen LogP contribution in [0.15, 0.2) is 42.1 Å². The van der Waals surface area contributed by atoms with Crippen molar-refractivity contribution in [3.05, 3.63) is 53.9 Å².